The van der Waals surface area contributed by atoms with Crippen molar-refractivity contribution in [2.24, 2.45) is 0 Å². The molecule has 160 valence electrons. The summed E-state index contributed by atoms with van der Waals surface area (Å²) in [6.07, 6.45) is 1.39. The fourth-order valence-corrected chi connectivity index (χ4v) is 3.03. The van der Waals surface area contributed by atoms with Crippen molar-refractivity contribution in [3.05, 3.63) is 81.7 Å². The molecule has 0 saturated heterocycles. The summed E-state index contributed by atoms with van der Waals surface area (Å²) in [5, 5.41) is 5.91. The first kappa shape index (κ1) is 22.5. The molecule has 2 aromatic carbocycles. The molecule has 0 aliphatic carbocycles. The second kappa shape index (κ2) is 9.76. The Hall–Kier alpha value is -3.16. The smallest absolute Gasteiger partial charge is 0.258 e. The monoisotopic (exact) mass is 460 g/mol. The van der Waals surface area contributed by atoms with E-state index in [9.17, 15) is 14.0 Å². The van der Waals surface area contributed by atoms with Crippen molar-refractivity contribution in [1.29, 1.82) is 0 Å². The number of nitrogens with zero attached hydrogens (tertiary/aromatic N) is 2. The van der Waals surface area contributed by atoms with Gasteiger partial charge in [-0.3, -0.25) is 9.59 Å². The van der Waals surface area contributed by atoms with Gasteiger partial charge in [0.25, 0.3) is 11.8 Å². The number of nitrogens with one attached hydrogen (secondary N) is 2. The Morgan fingerprint density at radius 3 is 2.32 bits per heavy atom. The number of hydrogen-bond donors (Lipinski definition) is 2. The normalized spacial score (nSPS) is 10.5. The van der Waals surface area contributed by atoms with Crippen LogP contribution in [0.1, 0.15) is 27.6 Å². The molecule has 3 aromatic rings. The van der Waals surface area contributed by atoms with E-state index in [-0.39, 0.29) is 22.6 Å². The van der Waals surface area contributed by atoms with E-state index >= 15 is 0 Å². The number of pyridine rings is 1. The minimum absolute atomic E-state index is 0.0975. The highest BCUT2D eigenvalue weighted by molar-refractivity contribution is 6.31. The lowest BCUT2D eigenvalue weighted by Crippen LogP contribution is -2.20. The molecular formula is C22H19Cl2FN4O2. The van der Waals surface area contributed by atoms with Gasteiger partial charge in [-0.1, -0.05) is 23.2 Å². The first-order valence-corrected chi connectivity index (χ1v) is 10.1. The van der Waals surface area contributed by atoms with Crippen LogP contribution in [0, 0.1) is 5.82 Å². The molecule has 0 spiro atoms. The lowest BCUT2D eigenvalue weighted by molar-refractivity contribution is 0.102. The summed E-state index contributed by atoms with van der Waals surface area (Å²) >= 11 is 11.8. The van der Waals surface area contributed by atoms with Gasteiger partial charge >= 0.3 is 0 Å². The van der Waals surface area contributed by atoms with Crippen LogP contribution in [-0.4, -0.2) is 30.4 Å². The summed E-state index contributed by atoms with van der Waals surface area (Å²) in [7, 11) is 1.82. The minimum Gasteiger partial charge on any atom is -0.375 e. The number of carbonyl (C=O) groups excluding carboxylic acids is 2. The molecule has 3 rings (SSSR count). The third kappa shape index (κ3) is 5.51. The molecule has 0 radical (unpaired) electrons. The minimum atomic E-state index is -0.691. The van der Waals surface area contributed by atoms with Gasteiger partial charge in [0.1, 0.15) is 11.6 Å². The predicted molar refractivity (Wildman–Crippen MR) is 122 cm³/mol. The molecule has 0 bridgehead atoms. The number of aromatic nitrogens is 1. The second-order valence-electron chi connectivity index (χ2n) is 6.64. The van der Waals surface area contributed by atoms with Crippen molar-refractivity contribution in [1.82, 2.24) is 4.98 Å². The van der Waals surface area contributed by atoms with Crippen LogP contribution in [0.5, 0.6) is 0 Å². The fourth-order valence-electron chi connectivity index (χ4n) is 2.74. The highest BCUT2D eigenvalue weighted by atomic mass is 35.5. The lowest BCUT2D eigenvalue weighted by atomic mass is 10.1. The van der Waals surface area contributed by atoms with E-state index in [1.165, 1.54) is 42.6 Å². The number of benzene rings is 2. The average molecular weight is 461 g/mol. The van der Waals surface area contributed by atoms with Crippen molar-refractivity contribution < 1.29 is 14.0 Å². The van der Waals surface area contributed by atoms with E-state index in [4.69, 9.17) is 23.2 Å². The number of anilines is 3. The standard InChI is InChI=1S/C22H19Cl2FN4O2/c1-3-29(2)15-6-7-16(18(25)11-15)21(30)27-19-8-4-13(23)10-17(19)22(31)28-20-9-5-14(24)12-26-20/h4-12H,3H2,1-2H3,(H,27,30)(H,26,28,31). The molecule has 0 fully saturated rings. The number of rotatable bonds is 6. The Labute approximate surface area is 189 Å². The Morgan fingerprint density at radius 2 is 1.68 bits per heavy atom. The Morgan fingerprint density at radius 1 is 0.968 bits per heavy atom. The maximum absolute atomic E-state index is 14.5. The van der Waals surface area contributed by atoms with Gasteiger partial charge in [-0.05, 0) is 55.5 Å². The fraction of sp³-hybridized carbons (Fsp3) is 0.136. The van der Waals surface area contributed by atoms with Crippen LogP contribution in [0.3, 0.4) is 0 Å². The highest BCUT2D eigenvalue weighted by Gasteiger charge is 2.18. The second-order valence-corrected chi connectivity index (χ2v) is 7.51. The van der Waals surface area contributed by atoms with Crippen LogP contribution in [0.2, 0.25) is 10.0 Å². The quantitative estimate of drug-likeness (QED) is 0.509. The van der Waals surface area contributed by atoms with E-state index in [2.05, 4.69) is 15.6 Å². The Kier molecular flexibility index (Phi) is 7.09. The van der Waals surface area contributed by atoms with Crippen molar-refractivity contribution in [3.63, 3.8) is 0 Å². The number of hydrogen-bond acceptors (Lipinski definition) is 4. The summed E-state index contributed by atoms with van der Waals surface area (Å²) in [4.78, 5) is 31.3. The van der Waals surface area contributed by atoms with Crippen molar-refractivity contribution in [2.75, 3.05) is 29.1 Å². The lowest BCUT2D eigenvalue weighted by Gasteiger charge is -2.17. The molecule has 2 amide bonds. The van der Waals surface area contributed by atoms with Crippen molar-refractivity contribution in [3.8, 4) is 0 Å². The first-order valence-electron chi connectivity index (χ1n) is 9.33. The zero-order chi connectivity index (χ0) is 22.5. The topological polar surface area (TPSA) is 74.3 Å². The summed E-state index contributed by atoms with van der Waals surface area (Å²) in [6, 6.07) is 11.9. The number of carbonyl (C=O) groups is 2. The predicted octanol–water partition coefficient (Wildman–Crippen LogP) is 5.49. The molecule has 1 aromatic heterocycles. The zero-order valence-electron chi connectivity index (χ0n) is 16.7. The Bertz CT molecular complexity index is 1120. The van der Waals surface area contributed by atoms with Gasteiger partial charge in [-0.15, -0.1) is 0 Å². The zero-order valence-corrected chi connectivity index (χ0v) is 18.3. The SMILES string of the molecule is CCN(C)c1ccc(C(=O)Nc2ccc(Cl)cc2C(=O)Nc2ccc(Cl)cn2)c(F)c1. The molecule has 9 heteroatoms. The summed E-state index contributed by atoms with van der Waals surface area (Å²) in [5.41, 5.74) is 0.780. The molecule has 0 aliphatic rings. The van der Waals surface area contributed by atoms with E-state index in [1.807, 2.05) is 18.9 Å². The summed E-state index contributed by atoms with van der Waals surface area (Å²) in [6.45, 7) is 2.63. The summed E-state index contributed by atoms with van der Waals surface area (Å²) in [5.74, 6) is -1.63. The van der Waals surface area contributed by atoms with Crippen LogP contribution in [0.15, 0.2) is 54.7 Å². The van der Waals surface area contributed by atoms with Gasteiger partial charge in [-0.25, -0.2) is 9.37 Å². The van der Waals surface area contributed by atoms with Gasteiger partial charge in [0, 0.05) is 30.5 Å². The van der Waals surface area contributed by atoms with Crippen molar-refractivity contribution >= 4 is 52.2 Å². The largest absolute Gasteiger partial charge is 0.375 e. The molecule has 0 aliphatic heterocycles. The molecule has 1 heterocycles. The van der Waals surface area contributed by atoms with Crippen LogP contribution in [-0.2, 0) is 0 Å². The van der Waals surface area contributed by atoms with Crippen LogP contribution < -0.4 is 15.5 Å². The number of halogens is 3. The molecule has 31 heavy (non-hydrogen) atoms. The molecule has 2 N–H and O–H groups in total. The van der Waals surface area contributed by atoms with Crippen LogP contribution in [0.4, 0.5) is 21.6 Å². The third-order valence-corrected chi connectivity index (χ3v) is 5.01. The van der Waals surface area contributed by atoms with Crippen LogP contribution in [0.25, 0.3) is 0 Å². The molecular weight excluding hydrogens is 442 g/mol. The van der Waals surface area contributed by atoms with Gasteiger partial charge < -0.3 is 15.5 Å². The van der Waals surface area contributed by atoms with E-state index in [0.29, 0.717) is 22.3 Å². The Balaban J connectivity index is 1.84. The molecule has 6 nitrogen and oxygen atoms in total. The third-order valence-electron chi connectivity index (χ3n) is 4.56. The van der Waals surface area contributed by atoms with Crippen LogP contribution >= 0.6 is 23.2 Å². The molecule has 0 atom stereocenters. The summed E-state index contributed by atoms with van der Waals surface area (Å²) < 4.78 is 14.5. The van der Waals surface area contributed by atoms with Gasteiger partial charge in [0.15, 0.2) is 0 Å². The highest BCUT2D eigenvalue weighted by Crippen LogP contribution is 2.24. The van der Waals surface area contributed by atoms with Gasteiger partial charge in [-0.2, -0.15) is 0 Å². The number of amides is 2. The van der Waals surface area contributed by atoms with Gasteiger partial charge in [0.05, 0.1) is 21.8 Å². The van der Waals surface area contributed by atoms with E-state index in [0.717, 1.165) is 0 Å². The van der Waals surface area contributed by atoms with E-state index < -0.39 is 17.6 Å². The maximum atomic E-state index is 14.5. The van der Waals surface area contributed by atoms with Crippen molar-refractivity contribution in [2.45, 2.75) is 6.92 Å². The van der Waals surface area contributed by atoms with Gasteiger partial charge in [0.2, 0.25) is 0 Å². The maximum Gasteiger partial charge on any atom is 0.258 e. The molecule has 0 unspecified atom stereocenters. The first-order chi connectivity index (χ1) is 14.8. The molecule has 0 saturated carbocycles. The van der Waals surface area contributed by atoms with E-state index in [1.54, 1.807) is 12.1 Å². The average Bonchev–Trinajstić information content (AvgIpc) is 2.75.